The second kappa shape index (κ2) is 7.21. The number of carbonyl (C=O) groups is 3. The number of carboxylic acid groups (broad SMARTS) is 1. The lowest BCUT2D eigenvalue weighted by Crippen LogP contribution is -2.41. The van der Waals surface area contributed by atoms with Gasteiger partial charge >= 0.3 is 5.97 Å². The molecule has 0 aliphatic rings. The van der Waals surface area contributed by atoms with Gasteiger partial charge in [-0.3, -0.25) is 9.59 Å². The molecular formula is C15H15N3O5. The van der Waals surface area contributed by atoms with Gasteiger partial charge in [0.05, 0.1) is 0 Å². The van der Waals surface area contributed by atoms with E-state index in [0.717, 1.165) is 5.56 Å². The number of carbonyl (C=O) groups excluding carboxylic acids is 2. The van der Waals surface area contributed by atoms with Crippen molar-refractivity contribution in [1.29, 1.82) is 0 Å². The number of amides is 2. The average Bonchev–Trinajstić information content (AvgIpc) is 3.01. The SMILES string of the molecule is NC(=O)CC[C@H](NC(=O)c1cc(-c2ccccc2)on1)C(=O)O. The van der Waals surface area contributed by atoms with Crippen molar-refractivity contribution in [3.8, 4) is 11.3 Å². The molecule has 4 N–H and O–H groups in total. The maximum Gasteiger partial charge on any atom is 0.326 e. The van der Waals surface area contributed by atoms with E-state index in [1.807, 2.05) is 18.2 Å². The van der Waals surface area contributed by atoms with E-state index in [0.29, 0.717) is 5.76 Å². The van der Waals surface area contributed by atoms with Crippen LogP contribution in [0, 0.1) is 0 Å². The Morgan fingerprint density at radius 3 is 2.57 bits per heavy atom. The zero-order valence-electron chi connectivity index (χ0n) is 12.1. The molecule has 0 bridgehead atoms. The molecule has 0 saturated carbocycles. The van der Waals surface area contributed by atoms with E-state index in [2.05, 4.69) is 10.5 Å². The first-order chi connectivity index (χ1) is 11.0. The highest BCUT2D eigenvalue weighted by molar-refractivity contribution is 5.95. The van der Waals surface area contributed by atoms with E-state index in [4.69, 9.17) is 15.4 Å². The van der Waals surface area contributed by atoms with E-state index in [9.17, 15) is 14.4 Å². The minimum atomic E-state index is -1.26. The van der Waals surface area contributed by atoms with Crippen LogP contribution in [-0.2, 0) is 9.59 Å². The number of rotatable bonds is 7. The third-order valence-electron chi connectivity index (χ3n) is 3.08. The number of aliphatic carboxylic acids is 1. The highest BCUT2D eigenvalue weighted by atomic mass is 16.5. The van der Waals surface area contributed by atoms with Crippen molar-refractivity contribution in [3.05, 3.63) is 42.1 Å². The second-order valence-corrected chi connectivity index (χ2v) is 4.81. The van der Waals surface area contributed by atoms with Crippen molar-refractivity contribution in [1.82, 2.24) is 10.5 Å². The maximum atomic E-state index is 12.0. The number of hydrogen-bond acceptors (Lipinski definition) is 5. The van der Waals surface area contributed by atoms with Gasteiger partial charge in [0.2, 0.25) is 5.91 Å². The van der Waals surface area contributed by atoms with E-state index < -0.39 is 23.8 Å². The maximum absolute atomic E-state index is 12.0. The summed E-state index contributed by atoms with van der Waals surface area (Å²) >= 11 is 0. The van der Waals surface area contributed by atoms with Crippen LogP contribution in [0.4, 0.5) is 0 Å². The quantitative estimate of drug-likeness (QED) is 0.690. The van der Waals surface area contributed by atoms with Crippen LogP contribution in [-0.4, -0.2) is 34.1 Å². The first-order valence-electron chi connectivity index (χ1n) is 6.81. The molecule has 0 aliphatic carbocycles. The van der Waals surface area contributed by atoms with Crippen molar-refractivity contribution in [2.24, 2.45) is 5.73 Å². The summed E-state index contributed by atoms with van der Waals surface area (Å²) in [4.78, 5) is 33.9. The zero-order chi connectivity index (χ0) is 16.8. The van der Waals surface area contributed by atoms with Gasteiger partial charge in [-0.15, -0.1) is 0 Å². The van der Waals surface area contributed by atoms with Crippen molar-refractivity contribution in [2.75, 3.05) is 0 Å². The van der Waals surface area contributed by atoms with Gasteiger partial charge in [-0.2, -0.15) is 0 Å². The molecule has 2 aromatic rings. The molecule has 0 unspecified atom stereocenters. The van der Waals surface area contributed by atoms with Gasteiger partial charge in [0.25, 0.3) is 5.91 Å². The largest absolute Gasteiger partial charge is 0.480 e. The molecule has 0 radical (unpaired) electrons. The van der Waals surface area contributed by atoms with E-state index in [1.54, 1.807) is 12.1 Å². The molecule has 1 atom stereocenters. The molecule has 2 amide bonds. The van der Waals surface area contributed by atoms with Crippen LogP contribution in [0.25, 0.3) is 11.3 Å². The lowest BCUT2D eigenvalue weighted by atomic mass is 10.1. The Labute approximate surface area is 131 Å². The van der Waals surface area contributed by atoms with Gasteiger partial charge in [0.15, 0.2) is 11.5 Å². The second-order valence-electron chi connectivity index (χ2n) is 4.81. The van der Waals surface area contributed by atoms with Gasteiger partial charge in [0, 0.05) is 18.1 Å². The summed E-state index contributed by atoms with van der Waals surface area (Å²) < 4.78 is 5.08. The number of nitrogens with two attached hydrogens (primary N) is 1. The number of aromatic nitrogens is 1. The molecule has 1 aromatic carbocycles. The number of hydrogen-bond donors (Lipinski definition) is 3. The Hall–Kier alpha value is -3.16. The monoisotopic (exact) mass is 317 g/mol. The van der Waals surface area contributed by atoms with Gasteiger partial charge < -0.3 is 20.7 Å². The van der Waals surface area contributed by atoms with Crippen LogP contribution in [0.3, 0.4) is 0 Å². The number of nitrogens with one attached hydrogen (secondary N) is 1. The van der Waals surface area contributed by atoms with E-state index in [-0.39, 0.29) is 18.5 Å². The molecule has 8 nitrogen and oxygen atoms in total. The minimum absolute atomic E-state index is 0.0471. The summed E-state index contributed by atoms with van der Waals surface area (Å²) in [7, 11) is 0. The molecule has 1 heterocycles. The lowest BCUT2D eigenvalue weighted by molar-refractivity contribution is -0.139. The molecule has 8 heteroatoms. The summed E-state index contributed by atoms with van der Waals surface area (Å²) in [6.07, 6.45) is -0.245. The predicted molar refractivity (Wildman–Crippen MR) is 79.3 cm³/mol. The Morgan fingerprint density at radius 1 is 1.26 bits per heavy atom. The fraction of sp³-hybridized carbons (Fsp3) is 0.200. The predicted octanol–water partition coefficient (Wildman–Crippen LogP) is 0.790. The number of primary amides is 1. The summed E-state index contributed by atoms with van der Waals surface area (Å²) in [5.74, 6) is -2.21. The molecule has 0 saturated heterocycles. The van der Waals surface area contributed by atoms with E-state index in [1.165, 1.54) is 6.07 Å². The molecule has 1 aromatic heterocycles. The summed E-state index contributed by atoms with van der Waals surface area (Å²) in [5.41, 5.74) is 5.67. The molecule has 2 rings (SSSR count). The van der Waals surface area contributed by atoms with Crippen molar-refractivity contribution >= 4 is 17.8 Å². The molecule has 0 aliphatic heterocycles. The number of benzene rings is 1. The highest BCUT2D eigenvalue weighted by Gasteiger charge is 2.23. The number of carboxylic acids is 1. The van der Waals surface area contributed by atoms with Crippen LogP contribution in [0.2, 0.25) is 0 Å². The third kappa shape index (κ3) is 4.40. The molecule has 0 spiro atoms. The lowest BCUT2D eigenvalue weighted by Gasteiger charge is -2.12. The minimum Gasteiger partial charge on any atom is -0.480 e. The third-order valence-corrected chi connectivity index (χ3v) is 3.08. The number of nitrogens with zero attached hydrogens (tertiary/aromatic N) is 1. The first-order valence-corrected chi connectivity index (χ1v) is 6.81. The zero-order valence-corrected chi connectivity index (χ0v) is 12.1. The van der Waals surface area contributed by atoms with Crippen LogP contribution in [0.15, 0.2) is 40.9 Å². The highest BCUT2D eigenvalue weighted by Crippen LogP contribution is 2.19. The molecule has 0 fully saturated rings. The van der Waals surface area contributed by atoms with Gasteiger partial charge in [-0.1, -0.05) is 35.5 Å². The van der Waals surface area contributed by atoms with Crippen molar-refractivity contribution < 1.29 is 24.0 Å². The topological polar surface area (TPSA) is 136 Å². The molecular weight excluding hydrogens is 302 g/mol. The standard InChI is InChI=1S/C15H15N3O5/c16-13(19)7-6-10(15(21)22)17-14(20)11-8-12(23-18-11)9-4-2-1-3-5-9/h1-5,8,10H,6-7H2,(H2,16,19)(H,17,20)(H,21,22)/t10-/m0/s1. The molecule has 23 heavy (non-hydrogen) atoms. The van der Waals surface area contributed by atoms with Crippen molar-refractivity contribution in [3.63, 3.8) is 0 Å². The smallest absolute Gasteiger partial charge is 0.326 e. The summed E-state index contributed by atoms with van der Waals surface area (Å²) in [6.45, 7) is 0. The van der Waals surface area contributed by atoms with Gasteiger partial charge in [0.1, 0.15) is 6.04 Å². The fourth-order valence-electron chi connectivity index (χ4n) is 1.90. The van der Waals surface area contributed by atoms with Crippen LogP contribution >= 0.6 is 0 Å². The summed E-state index contributed by atoms with van der Waals surface area (Å²) in [6, 6.07) is 9.21. The fourth-order valence-corrected chi connectivity index (χ4v) is 1.90. The Morgan fingerprint density at radius 2 is 1.96 bits per heavy atom. The average molecular weight is 317 g/mol. The summed E-state index contributed by atoms with van der Waals surface area (Å²) in [5, 5.41) is 15.0. The Kier molecular flexibility index (Phi) is 5.08. The van der Waals surface area contributed by atoms with E-state index >= 15 is 0 Å². The Bertz CT molecular complexity index is 711. The van der Waals surface area contributed by atoms with Gasteiger partial charge in [-0.25, -0.2) is 4.79 Å². The normalized spacial score (nSPS) is 11.7. The first kappa shape index (κ1) is 16.2. The van der Waals surface area contributed by atoms with Crippen LogP contribution < -0.4 is 11.1 Å². The van der Waals surface area contributed by atoms with Crippen LogP contribution in [0.1, 0.15) is 23.3 Å². The van der Waals surface area contributed by atoms with Crippen molar-refractivity contribution in [2.45, 2.75) is 18.9 Å². The Balaban J connectivity index is 2.06. The van der Waals surface area contributed by atoms with Crippen LogP contribution in [0.5, 0.6) is 0 Å². The molecule has 120 valence electrons. The van der Waals surface area contributed by atoms with Gasteiger partial charge in [-0.05, 0) is 6.42 Å².